The zero-order chi connectivity index (χ0) is 11.6. The Morgan fingerprint density at radius 3 is 2.38 bits per heavy atom. The molecule has 16 heavy (non-hydrogen) atoms. The quantitative estimate of drug-likeness (QED) is 0.797. The summed E-state index contributed by atoms with van der Waals surface area (Å²) < 4.78 is 25.9. The smallest absolute Gasteiger partial charge is 0.214 e. The molecule has 0 aromatic carbocycles. The molecule has 2 aliphatic rings. The number of sulfonamides is 1. The Balaban J connectivity index is 1.91. The van der Waals surface area contributed by atoms with Gasteiger partial charge < -0.3 is 5.73 Å². The van der Waals surface area contributed by atoms with E-state index in [1.54, 1.807) is 4.31 Å². The zero-order valence-corrected chi connectivity index (χ0v) is 10.6. The van der Waals surface area contributed by atoms with Crippen molar-refractivity contribution in [2.45, 2.75) is 32.1 Å². The van der Waals surface area contributed by atoms with Gasteiger partial charge in [-0.1, -0.05) is 12.8 Å². The fourth-order valence-electron chi connectivity index (χ4n) is 2.82. The average Bonchev–Trinajstić information content (AvgIpc) is 2.85. The highest BCUT2D eigenvalue weighted by molar-refractivity contribution is 7.89. The molecule has 0 spiro atoms. The average molecular weight is 246 g/mol. The summed E-state index contributed by atoms with van der Waals surface area (Å²) in [6.07, 6.45) is 5.51. The van der Waals surface area contributed by atoms with E-state index in [0.29, 0.717) is 37.2 Å². The van der Waals surface area contributed by atoms with E-state index in [4.69, 9.17) is 5.73 Å². The molecule has 0 bridgehead atoms. The Morgan fingerprint density at radius 2 is 1.81 bits per heavy atom. The van der Waals surface area contributed by atoms with Gasteiger partial charge >= 0.3 is 0 Å². The summed E-state index contributed by atoms with van der Waals surface area (Å²) in [4.78, 5) is 0. The first-order valence-electron chi connectivity index (χ1n) is 6.29. The first-order valence-corrected chi connectivity index (χ1v) is 7.90. The van der Waals surface area contributed by atoms with Crippen LogP contribution in [0.5, 0.6) is 0 Å². The predicted molar refractivity (Wildman–Crippen MR) is 64.5 cm³/mol. The van der Waals surface area contributed by atoms with Crippen molar-refractivity contribution in [3.05, 3.63) is 0 Å². The van der Waals surface area contributed by atoms with Crippen LogP contribution in [0.25, 0.3) is 0 Å². The first kappa shape index (κ1) is 12.3. The molecule has 2 rings (SSSR count). The minimum atomic E-state index is -3.01. The van der Waals surface area contributed by atoms with Gasteiger partial charge in [-0.15, -0.1) is 0 Å². The van der Waals surface area contributed by atoms with Crippen LogP contribution in [0.15, 0.2) is 0 Å². The summed E-state index contributed by atoms with van der Waals surface area (Å²) >= 11 is 0. The summed E-state index contributed by atoms with van der Waals surface area (Å²) in [5, 5.41) is 0. The van der Waals surface area contributed by atoms with Crippen LogP contribution < -0.4 is 5.73 Å². The van der Waals surface area contributed by atoms with E-state index >= 15 is 0 Å². The molecule has 1 aliphatic heterocycles. The second-order valence-electron chi connectivity index (χ2n) is 5.18. The van der Waals surface area contributed by atoms with Crippen LogP contribution in [0.1, 0.15) is 32.1 Å². The van der Waals surface area contributed by atoms with Crippen LogP contribution in [0.2, 0.25) is 0 Å². The van der Waals surface area contributed by atoms with Gasteiger partial charge in [0.1, 0.15) is 0 Å². The van der Waals surface area contributed by atoms with Crippen LogP contribution in [0.3, 0.4) is 0 Å². The molecule has 0 aromatic rings. The third-order valence-electron chi connectivity index (χ3n) is 3.90. The van der Waals surface area contributed by atoms with Crippen molar-refractivity contribution < 1.29 is 8.42 Å². The molecule has 0 aromatic heterocycles. The van der Waals surface area contributed by atoms with Crippen LogP contribution in [-0.2, 0) is 10.0 Å². The first-order chi connectivity index (χ1) is 7.62. The normalized spacial score (nSPS) is 28.9. The summed E-state index contributed by atoms with van der Waals surface area (Å²) in [6.45, 7) is 1.93. The third-order valence-corrected chi connectivity index (χ3v) is 5.91. The molecular formula is C11H22N2O2S. The van der Waals surface area contributed by atoms with Crippen molar-refractivity contribution in [2.24, 2.45) is 17.6 Å². The van der Waals surface area contributed by atoms with E-state index in [1.807, 2.05) is 0 Å². The lowest BCUT2D eigenvalue weighted by molar-refractivity contribution is 0.448. The Morgan fingerprint density at radius 1 is 1.12 bits per heavy atom. The maximum Gasteiger partial charge on any atom is 0.214 e. The van der Waals surface area contributed by atoms with Crippen molar-refractivity contribution in [1.29, 1.82) is 0 Å². The van der Waals surface area contributed by atoms with E-state index in [-0.39, 0.29) is 0 Å². The van der Waals surface area contributed by atoms with E-state index in [0.717, 1.165) is 19.3 Å². The molecule has 1 saturated heterocycles. The second-order valence-corrected chi connectivity index (χ2v) is 7.19. The van der Waals surface area contributed by atoms with Gasteiger partial charge in [0.05, 0.1) is 5.75 Å². The zero-order valence-electron chi connectivity index (χ0n) is 9.77. The van der Waals surface area contributed by atoms with Gasteiger partial charge in [-0.3, -0.25) is 0 Å². The van der Waals surface area contributed by atoms with Gasteiger partial charge in [0.25, 0.3) is 0 Å². The summed E-state index contributed by atoms with van der Waals surface area (Å²) in [5.41, 5.74) is 5.58. The van der Waals surface area contributed by atoms with Gasteiger partial charge in [-0.05, 0) is 37.6 Å². The van der Waals surface area contributed by atoms with Crippen molar-refractivity contribution in [2.75, 3.05) is 25.4 Å². The number of hydrogen-bond donors (Lipinski definition) is 1. The predicted octanol–water partition coefficient (Wildman–Crippen LogP) is 0.787. The molecule has 1 aliphatic carbocycles. The fourth-order valence-corrected chi connectivity index (χ4v) is 4.78. The lowest BCUT2D eigenvalue weighted by Gasteiger charge is -2.18. The monoisotopic (exact) mass is 246 g/mol. The lowest BCUT2D eigenvalue weighted by atomic mass is 10.1. The topological polar surface area (TPSA) is 63.4 Å². The van der Waals surface area contributed by atoms with Gasteiger partial charge in [-0.2, -0.15) is 0 Å². The molecule has 1 saturated carbocycles. The summed E-state index contributed by atoms with van der Waals surface area (Å²) in [6, 6.07) is 0. The minimum Gasteiger partial charge on any atom is -0.330 e. The highest BCUT2D eigenvalue weighted by Crippen LogP contribution is 2.28. The number of nitrogens with two attached hydrogens (primary N) is 1. The van der Waals surface area contributed by atoms with Crippen LogP contribution >= 0.6 is 0 Å². The standard InChI is InChI=1S/C11H22N2O2S/c12-7-11-5-6-13(8-11)16(14,15)9-10-3-1-2-4-10/h10-11H,1-9,12H2. The van der Waals surface area contributed by atoms with E-state index < -0.39 is 10.0 Å². The number of rotatable bonds is 4. The molecule has 0 radical (unpaired) electrons. The molecule has 1 heterocycles. The molecule has 0 amide bonds. The minimum absolute atomic E-state index is 0.365. The third kappa shape index (κ3) is 2.76. The van der Waals surface area contributed by atoms with Crippen LogP contribution in [0.4, 0.5) is 0 Å². The SMILES string of the molecule is NCC1CCN(S(=O)(=O)CC2CCCC2)C1. The van der Waals surface area contributed by atoms with Crippen molar-refractivity contribution in [1.82, 2.24) is 4.31 Å². The highest BCUT2D eigenvalue weighted by Gasteiger charge is 2.32. The maximum absolute atomic E-state index is 12.1. The van der Waals surface area contributed by atoms with Gasteiger partial charge in [0.2, 0.25) is 10.0 Å². The number of hydrogen-bond acceptors (Lipinski definition) is 3. The van der Waals surface area contributed by atoms with Crippen molar-refractivity contribution in [3.63, 3.8) is 0 Å². The molecule has 5 heteroatoms. The maximum atomic E-state index is 12.1. The molecule has 94 valence electrons. The highest BCUT2D eigenvalue weighted by atomic mass is 32.2. The van der Waals surface area contributed by atoms with Gasteiger partial charge in [0.15, 0.2) is 0 Å². The molecule has 1 unspecified atom stereocenters. The Labute approximate surface area is 98.2 Å². The second kappa shape index (κ2) is 5.02. The van der Waals surface area contributed by atoms with E-state index in [2.05, 4.69) is 0 Å². The van der Waals surface area contributed by atoms with Crippen molar-refractivity contribution in [3.8, 4) is 0 Å². The van der Waals surface area contributed by atoms with Crippen molar-refractivity contribution >= 4 is 10.0 Å². The van der Waals surface area contributed by atoms with E-state index in [1.165, 1.54) is 12.8 Å². The van der Waals surface area contributed by atoms with E-state index in [9.17, 15) is 8.42 Å². The number of nitrogens with zero attached hydrogens (tertiary/aromatic N) is 1. The van der Waals surface area contributed by atoms with Gasteiger partial charge in [0, 0.05) is 13.1 Å². The Kier molecular flexibility index (Phi) is 3.87. The molecule has 1 atom stereocenters. The fraction of sp³-hybridized carbons (Fsp3) is 1.00. The summed E-state index contributed by atoms with van der Waals surface area (Å²) in [5.74, 6) is 1.14. The molecule has 2 fully saturated rings. The molecule has 4 nitrogen and oxygen atoms in total. The largest absolute Gasteiger partial charge is 0.330 e. The summed E-state index contributed by atoms with van der Waals surface area (Å²) in [7, 11) is -3.01. The lowest BCUT2D eigenvalue weighted by Crippen LogP contribution is -2.33. The molecular weight excluding hydrogens is 224 g/mol. The molecule has 2 N–H and O–H groups in total. The van der Waals surface area contributed by atoms with Crippen LogP contribution in [-0.4, -0.2) is 38.1 Å². The Hall–Kier alpha value is -0.130. The Bertz CT molecular complexity index is 323. The van der Waals surface area contributed by atoms with Crippen LogP contribution in [0, 0.1) is 11.8 Å². The van der Waals surface area contributed by atoms with Gasteiger partial charge in [-0.25, -0.2) is 12.7 Å².